The summed E-state index contributed by atoms with van der Waals surface area (Å²) in [5.74, 6) is -1.13. The molecular weight excluding hydrogens is 322 g/mol. The van der Waals surface area contributed by atoms with Gasteiger partial charge in [-0.05, 0) is 54.8 Å². The number of carbonyl (C=O) groups excluding carboxylic acids is 1. The molecule has 0 spiro atoms. The zero-order chi connectivity index (χ0) is 17.1. The highest BCUT2D eigenvalue weighted by Crippen LogP contribution is 2.29. The average Bonchev–Trinajstić information content (AvgIpc) is 2.95. The molecule has 2 N–H and O–H groups in total. The second-order valence-electron chi connectivity index (χ2n) is 5.39. The number of hydrogen-bond donors (Lipinski definition) is 2. The largest absolute Gasteiger partial charge is 0.478 e. The molecule has 0 saturated heterocycles. The van der Waals surface area contributed by atoms with Crippen molar-refractivity contribution in [2.45, 2.75) is 6.92 Å². The molecule has 1 amide bonds. The summed E-state index contributed by atoms with van der Waals surface area (Å²) >= 11 is 1.50. The minimum absolute atomic E-state index is 0.157. The lowest BCUT2D eigenvalue weighted by atomic mass is 10.1. The van der Waals surface area contributed by atoms with Crippen LogP contribution in [0.4, 0.5) is 5.69 Å². The third-order valence-electron chi connectivity index (χ3n) is 3.50. The summed E-state index contributed by atoms with van der Waals surface area (Å²) < 4.78 is 1.04. The first-order valence-corrected chi connectivity index (χ1v) is 8.15. The van der Waals surface area contributed by atoms with Crippen molar-refractivity contribution in [3.63, 3.8) is 0 Å². The van der Waals surface area contributed by atoms with Crippen molar-refractivity contribution in [3.8, 4) is 0 Å². The summed E-state index contributed by atoms with van der Waals surface area (Å²) in [6.45, 7) is 1.97. The second-order valence-corrected chi connectivity index (χ2v) is 6.51. The lowest BCUT2D eigenvalue weighted by molar-refractivity contribution is -0.131. The molecule has 3 rings (SSSR count). The molecule has 0 bridgehead atoms. The minimum atomic E-state index is -0.974. The summed E-state index contributed by atoms with van der Waals surface area (Å²) in [6.07, 6.45) is 2.68. The first-order chi connectivity index (χ1) is 11.5. The molecule has 0 fully saturated rings. The van der Waals surface area contributed by atoms with Crippen molar-refractivity contribution in [2.24, 2.45) is 0 Å². The lowest BCUT2D eigenvalue weighted by Gasteiger charge is -2.05. The van der Waals surface area contributed by atoms with Gasteiger partial charge in [-0.1, -0.05) is 17.7 Å². The van der Waals surface area contributed by atoms with E-state index >= 15 is 0 Å². The van der Waals surface area contributed by atoms with Gasteiger partial charge in [0.15, 0.2) is 0 Å². The Balaban J connectivity index is 1.81. The van der Waals surface area contributed by atoms with Gasteiger partial charge in [-0.25, -0.2) is 4.79 Å². The van der Waals surface area contributed by atoms with Crippen molar-refractivity contribution in [2.75, 3.05) is 5.32 Å². The second kappa shape index (κ2) is 6.68. The molecule has 24 heavy (non-hydrogen) atoms. The van der Waals surface area contributed by atoms with E-state index in [4.69, 9.17) is 5.11 Å². The monoisotopic (exact) mass is 337 g/mol. The number of hydrogen-bond acceptors (Lipinski definition) is 3. The van der Waals surface area contributed by atoms with E-state index in [1.54, 1.807) is 18.2 Å². The van der Waals surface area contributed by atoms with Crippen molar-refractivity contribution in [1.82, 2.24) is 0 Å². The number of benzene rings is 2. The predicted octanol–water partition coefficient (Wildman–Crippen LogP) is 4.56. The van der Waals surface area contributed by atoms with E-state index in [2.05, 4.69) is 5.32 Å². The van der Waals surface area contributed by atoms with Gasteiger partial charge in [0.25, 0.3) is 5.91 Å². The molecule has 0 unspecified atom stereocenters. The number of fused-ring (bicyclic) bond motifs is 1. The molecule has 5 heteroatoms. The van der Waals surface area contributed by atoms with E-state index < -0.39 is 5.97 Å². The smallest absolute Gasteiger partial charge is 0.328 e. The highest BCUT2D eigenvalue weighted by Gasteiger charge is 2.07. The Bertz CT molecular complexity index is 939. The molecule has 1 aromatic heterocycles. The van der Waals surface area contributed by atoms with Gasteiger partial charge in [0.05, 0.1) is 0 Å². The lowest BCUT2D eigenvalue weighted by Crippen LogP contribution is -2.11. The molecule has 0 aliphatic rings. The van der Waals surface area contributed by atoms with Crippen LogP contribution in [0.15, 0.2) is 54.6 Å². The van der Waals surface area contributed by atoms with Crippen LogP contribution < -0.4 is 5.32 Å². The number of aliphatic carboxylic acids is 1. The molecule has 0 aliphatic heterocycles. The van der Waals surface area contributed by atoms with Crippen molar-refractivity contribution < 1.29 is 14.7 Å². The third-order valence-corrected chi connectivity index (χ3v) is 4.58. The number of anilines is 1. The fourth-order valence-electron chi connectivity index (χ4n) is 2.29. The van der Waals surface area contributed by atoms with Crippen LogP contribution in [0.1, 0.15) is 20.8 Å². The fourth-order valence-corrected chi connectivity index (χ4v) is 3.23. The quantitative estimate of drug-likeness (QED) is 0.686. The number of nitrogens with one attached hydrogen (secondary N) is 1. The summed E-state index contributed by atoms with van der Waals surface area (Å²) in [5.41, 5.74) is 2.42. The zero-order valence-electron chi connectivity index (χ0n) is 12.9. The van der Waals surface area contributed by atoms with E-state index in [1.807, 2.05) is 43.3 Å². The Morgan fingerprint density at radius 2 is 1.83 bits per heavy atom. The van der Waals surface area contributed by atoms with E-state index in [1.165, 1.54) is 11.3 Å². The molecule has 0 atom stereocenters. The van der Waals surface area contributed by atoms with Crippen LogP contribution in [0.2, 0.25) is 0 Å². The normalized spacial score (nSPS) is 11.0. The first-order valence-electron chi connectivity index (χ1n) is 7.34. The Kier molecular flexibility index (Phi) is 4.44. The fraction of sp³-hybridized carbons (Fsp3) is 0.0526. The number of amides is 1. The Labute approximate surface area is 143 Å². The van der Waals surface area contributed by atoms with Gasteiger partial charge in [0.2, 0.25) is 0 Å². The zero-order valence-corrected chi connectivity index (χ0v) is 13.8. The van der Waals surface area contributed by atoms with Gasteiger partial charge in [0, 0.05) is 26.9 Å². The van der Waals surface area contributed by atoms with Crippen molar-refractivity contribution in [3.05, 3.63) is 70.6 Å². The molecule has 0 radical (unpaired) electrons. The molecule has 0 saturated carbocycles. The molecule has 120 valence electrons. The standard InChI is InChI=1S/C19H15NO3S/c1-12-2-4-13(5-3-12)19(23)20-15-6-8-17-14(10-15)11-16(24-17)7-9-18(21)22/h2-11H,1H3,(H,20,23)(H,21,22)/b9-7+. The number of carbonyl (C=O) groups is 2. The van der Waals surface area contributed by atoms with Gasteiger partial charge in [-0.2, -0.15) is 0 Å². The number of thiophene rings is 1. The number of carboxylic acid groups (broad SMARTS) is 1. The first kappa shape index (κ1) is 16.0. The summed E-state index contributed by atoms with van der Waals surface area (Å²) in [5, 5.41) is 12.5. The van der Waals surface area contributed by atoms with Crippen molar-refractivity contribution in [1.29, 1.82) is 0 Å². The summed E-state index contributed by atoms with van der Waals surface area (Å²) in [6, 6.07) is 14.9. The highest BCUT2D eigenvalue weighted by molar-refractivity contribution is 7.19. The van der Waals surface area contributed by atoms with Crippen LogP contribution in [0, 0.1) is 6.92 Å². The topological polar surface area (TPSA) is 66.4 Å². The SMILES string of the molecule is Cc1ccc(C(=O)Nc2ccc3sc(/C=C/C(=O)O)cc3c2)cc1. The summed E-state index contributed by atoms with van der Waals surface area (Å²) in [7, 11) is 0. The van der Waals surface area contributed by atoms with Gasteiger partial charge >= 0.3 is 5.97 Å². The van der Waals surface area contributed by atoms with E-state index in [9.17, 15) is 9.59 Å². The number of rotatable bonds is 4. The van der Waals surface area contributed by atoms with Gasteiger partial charge in [0.1, 0.15) is 0 Å². The van der Waals surface area contributed by atoms with E-state index in [0.29, 0.717) is 11.3 Å². The van der Waals surface area contributed by atoms with Crippen LogP contribution in [0.5, 0.6) is 0 Å². The van der Waals surface area contributed by atoms with Gasteiger partial charge in [-0.3, -0.25) is 4.79 Å². The van der Waals surface area contributed by atoms with Crippen LogP contribution >= 0.6 is 11.3 Å². The van der Waals surface area contributed by atoms with Gasteiger partial charge in [-0.15, -0.1) is 11.3 Å². The van der Waals surface area contributed by atoms with Crippen LogP contribution in [0.3, 0.4) is 0 Å². The molecule has 4 nitrogen and oxygen atoms in total. The minimum Gasteiger partial charge on any atom is -0.478 e. The maximum atomic E-state index is 12.3. The van der Waals surface area contributed by atoms with Crippen LogP contribution in [-0.4, -0.2) is 17.0 Å². The Morgan fingerprint density at radius 1 is 1.08 bits per heavy atom. The Morgan fingerprint density at radius 3 is 2.54 bits per heavy atom. The van der Waals surface area contributed by atoms with Crippen LogP contribution in [-0.2, 0) is 4.79 Å². The van der Waals surface area contributed by atoms with Crippen molar-refractivity contribution >= 4 is 45.1 Å². The molecular formula is C19H15NO3S. The molecule has 1 heterocycles. The number of carboxylic acids is 1. The highest BCUT2D eigenvalue weighted by atomic mass is 32.1. The predicted molar refractivity (Wildman–Crippen MR) is 97.6 cm³/mol. The third kappa shape index (κ3) is 3.70. The Hall–Kier alpha value is -2.92. The summed E-state index contributed by atoms with van der Waals surface area (Å²) in [4.78, 5) is 23.7. The maximum absolute atomic E-state index is 12.3. The molecule has 3 aromatic rings. The number of aryl methyl sites for hydroxylation is 1. The average molecular weight is 337 g/mol. The van der Waals surface area contributed by atoms with E-state index in [0.717, 1.165) is 26.6 Å². The van der Waals surface area contributed by atoms with Crippen LogP contribution in [0.25, 0.3) is 16.2 Å². The van der Waals surface area contributed by atoms with E-state index in [-0.39, 0.29) is 5.91 Å². The molecule has 2 aromatic carbocycles. The van der Waals surface area contributed by atoms with Gasteiger partial charge < -0.3 is 10.4 Å². The molecule has 0 aliphatic carbocycles. The maximum Gasteiger partial charge on any atom is 0.328 e.